The number of carbonyl (C=O) groups excluding carboxylic acids is 1. The van der Waals surface area contributed by atoms with Crippen molar-refractivity contribution in [3.05, 3.63) is 82.4 Å². The molecule has 6 heteroatoms. The van der Waals surface area contributed by atoms with Crippen molar-refractivity contribution in [3.63, 3.8) is 0 Å². The van der Waals surface area contributed by atoms with E-state index in [1.54, 1.807) is 24.3 Å². The van der Waals surface area contributed by atoms with Crippen LogP contribution in [0.4, 0.5) is 11.4 Å². The molecule has 0 aromatic heterocycles. The van der Waals surface area contributed by atoms with Crippen LogP contribution in [-0.2, 0) is 16.0 Å². The van der Waals surface area contributed by atoms with Crippen LogP contribution in [0.3, 0.4) is 0 Å². The Balaban J connectivity index is 1.98. The van der Waals surface area contributed by atoms with Gasteiger partial charge in [-0.2, -0.15) is 0 Å². The Bertz CT molecular complexity index is 941. The van der Waals surface area contributed by atoms with Gasteiger partial charge in [-0.25, -0.2) is 4.79 Å². The van der Waals surface area contributed by atoms with E-state index in [1.807, 2.05) is 36.4 Å². The lowest BCUT2D eigenvalue weighted by molar-refractivity contribution is -0.383. The molecule has 1 N–H and O–H groups in total. The number of hydrogen-bond donors (Lipinski definition) is 1. The van der Waals surface area contributed by atoms with Crippen LogP contribution in [0.25, 0.3) is 10.8 Å². The quantitative estimate of drug-likeness (QED) is 0.414. The molecule has 132 valence electrons. The van der Waals surface area contributed by atoms with Gasteiger partial charge in [0.25, 0.3) is 5.69 Å². The van der Waals surface area contributed by atoms with E-state index >= 15 is 0 Å². The highest BCUT2D eigenvalue weighted by Gasteiger charge is 2.22. The maximum absolute atomic E-state index is 12.2. The zero-order chi connectivity index (χ0) is 18.5. The second kappa shape index (κ2) is 7.65. The van der Waals surface area contributed by atoms with Gasteiger partial charge >= 0.3 is 5.97 Å². The van der Waals surface area contributed by atoms with Crippen LogP contribution in [-0.4, -0.2) is 24.0 Å². The largest absolute Gasteiger partial charge is 0.467 e. The summed E-state index contributed by atoms with van der Waals surface area (Å²) in [5.74, 6) is -0.392. The van der Waals surface area contributed by atoms with Gasteiger partial charge in [-0.1, -0.05) is 48.5 Å². The number of esters is 1. The molecule has 0 fully saturated rings. The van der Waals surface area contributed by atoms with Crippen molar-refractivity contribution < 1.29 is 14.5 Å². The Kier molecular flexibility index (Phi) is 5.12. The molecule has 0 saturated carbocycles. The van der Waals surface area contributed by atoms with Gasteiger partial charge in [0.05, 0.1) is 17.4 Å². The first kappa shape index (κ1) is 17.4. The first-order chi connectivity index (χ1) is 12.6. The fourth-order valence-corrected chi connectivity index (χ4v) is 2.94. The summed E-state index contributed by atoms with van der Waals surface area (Å²) >= 11 is 0. The molecule has 0 bridgehead atoms. The summed E-state index contributed by atoms with van der Waals surface area (Å²) in [6.07, 6.45) is 0.443. The van der Waals surface area contributed by atoms with Crippen molar-refractivity contribution >= 4 is 28.1 Å². The van der Waals surface area contributed by atoms with E-state index in [1.165, 1.54) is 13.2 Å². The molecule has 3 rings (SSSR count). The summed E-state index contributed by atoms with van der Waals surface area (Å²) in [4.78, 5) is 23.1. The number of rotatable bonds is 6. The van der Waals surface area contributed by atoms with Gasteiger partial charge in [0.1, 0.15) is 6.04 Å². The topological polar surface area (TPSA) is 81.5 Å². The lowest BCUT2D eigenvalue weighted by Gasteiger charge is -2.19. The summed E-state index contributed by atoms with van der Waals surface area (Å²) in [7, 11) is 1.34. The minimum Gasteiger partial charge on any atom is -0.467 e. The first-order valence-corrected chi connectivity index (χ1v) is 8.14. The summed E-state index contributed by atoms with van der Waals surface area (Å²) in [5.41, 5.74) is 1.67. The number of carbonyl (C=O) groups is 1. The highest BCUT2D eigenvalue weighted by molar-refractivity contribution is 6.00. The molecule has 0 aliphatic rings. The number of nitrogens with zero attached hydrogens (tertiary/aromatic N) is 1. The van der Waals surface area contributed by atoms with Crippen LogP contribution in [0.15, 0.2) is 66.7 Å². The highest BCUT2D eigenvalue weighted by Crippen LogP contribution is 2.31. The van der Waals surface area contributed by atoms with Crippen LogP contribution in [0.5, 0.6) is 0 Å². The second-order valence-electron chi connectivity index (χ2n) is 5.84. The van der Waals surface area contributed by atoms with Crippen molar-refractivity contribution in [2.45, 2.75) is 12.5 Å². The van der Waals surface area contributed by atoms with Crippen molar-refractivity contribution in [3.8, 4) is 0 Å². The Hall–Kier alpha value is -3.41. The minimum atomic E-state index is -0.604. The van der Waals surface area contributed by atoms with Crippen molar-refractivity contribution in [1.29, 1.82) is 0 Å². The molecule has 3 aromatic carbocycles. The number of hydrogen-bond acceptors (Lipinski definition) is 5. The van der Waals surface area contributed by atoms with Crippen LogP contribution in [0, 0.1) is 10.1 Å². The Morgan fingerprint density at radius 2 is 1.69 bits per heavy atom. The van der Waals surface area contributed by atoms with Crippen molar-refractivity contribution in [2.24, 2.45) is 0 Å². The van der Waals surface area contributed by atoms with Gasteiger partial charge in [-0.3, -0.25) is 10.1 Å². The summed E-state index contributed by atoms with van der Waals surface area (Å²) in [6.45, 7) is 0. The normalized spacial score (nSPS) is 11.7. The molecule has 26 heavy (non-hydrogen) atoms. The number of non-ortho nitro benzene ring substituents is 1. The molecule has 0 saturated heterocycles. The van der Waals surface area contributed by atoms with Gasteiger partial charge in [0, 0.05) is 23.6 Å². The molecular formula is C20H18N2O4. The molecule has 0 heterocycles. The number of nitro benzene ring substituents is 1. The van der Waals surface area contributed by atoms with Crippen LogP contribution in [0.2, 0.25) is 0 Å². The van der Waals surface area contributed by atoms with E-state index in [-0.39, 0.29) is 5.69 Å². The lowest BCUT2D eigenvalue weighted by atomic mass is 10.0. The predicted octanol–water partition coefficient (Wildman–Crippen LogP) is 3.94. The van der Waals surface area contributed by atoms with Crippen molar-refractivity contribution in [1.82, 2.24) is 0 Å². The molecule has 3 aromatic rings. The summed E-state index contributed by atoms with van der Waals surface area (Å²) < 4.78 is 4.92. The maximum Gasteiger partial charge on any atom is 0.328 e. The zero-order valence-electron chi connectivity index (χ0n) is 14.2. The monoisotopic (exact) mass is 350 g/mol. The number of benzene rings is 3. The van der Waals surface area contributed by atoms with Gasteiger partial charge < -0.3 is 10.1 Å². The van der Waals surface area contributed by atoms with Crippen molar-refractivity contribution in [2.75, 3.05) is 12.4 Å². The zero-order valence-corrected chi connectivity index (χ0v) is 14.2. The third kappa shape index (κ3) is 3.64. The van der Waals surface area contributed by atoms with Gasteiger partial charge in [0.2, 0.25) is 0 Å². The van der Waals surface area contributed by atoms with Gasteiger partial charge in [-0.15, -0.1) is 0 Å². The summed E-state index contributed by atoms with van der Waals surface area (Å²) in [6, 6.07) is 19.1. The van der Waals surface area contributed by atoms with E-state index in [2.05, 4.69) is 5.32 Å². The Morgan fingerprint density at radius 3 is 2.35 bits per heavy atom. The number of methoxy groups -OCH3 is 1. The second-order valence-corrected chi connectivity index (χ2v) is 5.84. The average molecular weight is 350 g/mol. The summed E-state index contributed by atoms with van der Waals surface area (Å²) in [5, 5.41) is 15.6. The van der Waals surface area contributed by atoms with Gasteiger partial charge in [0.15, 0.2) is 0 Å². The molecular weight excluding hydrogens is 332 g/mol. The van der Waals surface area contributed by atoms with E-state index in [4.69, 9.17) is 4.74 Å². The minimum absolute atomic E-state index is 0.0313. The number of anilines is 1. The molecule has 0 aliphatic carbocycles. The number of nitrogens with one attached hydrogen (secondary N) is 1. The Morgan fingerprint density at radius 1 is 1.04 bits per heavy atom. The van der Waals surface area contributed by atoms with E-state index < -0.39 is 16.9 Å². The molecule has 1 atom stereocenters. The molecule has 0 unspecified atom stereocenters. The molecule has 0 radical (unpaired) electrons. The maximum atomic E-state index is 12.2. The SMILES string of the molecule is COC(=O)[C@H](Cc1ccccc1)Nc1ccc([N+](=O)[O-])c2ccccc12. The smallest absolute Gasteiger partial charge is 0.328 e. The number of nitro groups is 1. The molecule has 0 aliphatic heterocycles. The molecule has 0 spiro atoms. The third-order valence-corrected chi connectivity index (χ3v) is 4.20. The van der Waals surface area contributed by atoms with Gasteiger partial charge in [-0.05, 0) is 17.7 Å². The highest BCUT2D eigenvalue weighted by atomic mass is 16.6. The van der Waals surface area contributed by atoms with Crippen LogP contribution < -0.4 is 5.32 Å². The van der Waals surface area contributed by atoms with E-state index in [0.29, 0.717) is 22.9 Å². The predicted molar refractivity (Wildman–Crippen MR) is 100 cm³/mol. The lowest BCUT2D eigenvalue weighted by Crippen LogP contribution is -2.32. The van der Waals surface area contributed by atoms with E-state index in [9.17, 15) is 14.9 Å². The fourth-order valence-electron chi connectivity index (χ4n) is 2.94. The van der Waals surface area contributed by atoms with Crippen LogP contribution >= 0.6 is 0 Å². The fraction of sp³-hybridized carbons (Fsp3) is 0.150. The average Bonchev–Trinajstić information content (AvgIpc) is 2.67. The molecule has 0 amide bonds. The standard InChI is InChI=1S/C20H18N2O4/c1-26-20(23)18(13-14-7-3-2-4-8-14)21-17-11-12-19(22(24)25)16-10-6-5-9-15(16)17/h2-12,18,21H,13H2,1H3/t18-/m0/s1. The first-order valence-electron chi connectivity index (χ1n) is 8.14. The molecule has 6 nitrogen and oxygen atoms in total. The number of ether oxygens (including phenoxy) is 1. The Labute approximate surface area is 150 Å². The third-order valence-electron chi connectivity index (χ3n) is 4.20. The van der Waals surface area contributed by atoms with Crippen LogP contribution in [0.1, 0.15) is 5.56 Å². The van der Waals surface area contributed by atoms with E-state index in [0.717, 1.165) is 5.56 Å². The number of fused-ring (bicyclic) bond motifs is 1.